The van der Waals surface area contributed by atoms with Crippen LogP contribution in [0.3, 0.4) is 0 Å². The molecule has 3 rings (SSSR count). The molecule has 0 aliphatic rings. The number of furan rings is 1. The highest BCUT2D eigenvalue weighted by molar-refractivity contribution is 7.98. The van der Waals surface area contributed by atoms with Gasteiger partial charge in [-0.25, -0.2) is 0 Å². The second-order valence-electron chi connectivity index (χ2n) is 4.58. The Morgan fingerprint density at radius 3 is 2.62 bits per heavy atom. The molecule has 0 unspecified atom stereocenters. The molecule has 0 fully saturated rings. The van der Waals surface area contributed by atoms with E-state index in [1.165, 1.54) is 6.92 Å². The average molecular weight is 298 g/mol. The highest BCUT2D eigenvalue weighted by Gasteiger charge is 2.18. The van der Waals surface area contributed by atoms with Gasteiger partial charge in [-0.3, -0.25) is 4.79 Å². The lowest BCUT2D eigenvalue weighted by Crippen LogP contribution is -2.03. The highest BCUT2D eigenvalue weighted by atomic mass is 32.2. The topological polar surface area (TPSA) is 39.4 Å². The van der Waals surface area contributed by atoms with Crippen LogP contribution >= 0.6 is 11.8 Å². The van der Waals surface area contributed by atoms with Gasteiger partial charge in [0.15, 0.2) is 5.58 Å². The second-order valence-corrected chi connectivity index (χ2v) is 5.43. The Morgan fingerprint density at radius 1 is 1.19 bits per heavy atom. The van der Waals surface area contributed by atoms with Crippen LogP contribution in [0.4, 0.5) is 0 Å². The maximum atomic E-state index is 11.5. The molecule has 21 heavy (non-hydrogen) atoms. The zero-order valence-corrected chi connectivity index (χ0v) is 12.6. The number of hydrogen-bond donors (Lipinski definition) is 0. The predicted molar refractivity (Wildman–Crippen MR) is 84.7 cm³/mol. The molecule has 0 saturated heterocycles. The van der Waals surface area contributed by atoms with Crippen LogP contribution in [0.15, 0.2) is 58.0 Å². The van der Waals surface area contributed by atoms with Crippen LogP contribution in [-0.2, 0) is 4.79 Å². The molecule has 1 aromatic heterocycles. The lowest BCUT2D eigenvalue weighted by atomic mass is 10.0. The number of esters is 1. The molecule has 106 valence electrons. The number of thioether (sulfide) groups is 1. The normalized spacial score (nSPS) is 10.8. The maximum Gasteiger partial charge on any atom is 0.308 e. The lowest BCUT2D eigenvalue weighted by molar-refractivity contribution is -0.131. The molecule has 0 aliphatic carbocycles. The number of rotatable bonds is 3. The van der Waals surface area contributed by atoms with Gasteiger partial charge < -0.3 is 9.15 Å². The lowest BCUT2D eigenvalue weighted by Gasteiger charge is -2.12. The fourth-order valence-electron chi connectivity index (χ4n) is 2.32. The summed E-state index contributed by atoms with van der Waals surface area (Å²) in [7, 11) is 0. The molecule has 0 radical (unpaired) electrons. The number of hydrogen-bond acceptors (Lipinski definition) is 4. The minimum atomic E-state index is -0.341. The molecule has 2 aromatic carbocycles. The smallest absolute Gasteiger partial charge is 0.308 e. The Kier molecular flexibility index (Phi) is 3.71. The van der Waals surface area contributed by atoms with Crippen molar-refractivity contribution in [2.24, 2.45) is 0 Å². The van der Waals surface area contributed by atoms with Crippen molar-refractivity contribution in [1.29, 1.82) is 0 Å². The van der Waals surface area contributed by atoms with Gasteiger partial charge in [-0.2, -0.15) is 0 Å². The molecule has 0 saturated carbocycles. The van der Waals surface area contributed by atoms with E-state index in [1.807, 2.05) is 48.7 Å². The van der Waals surface area contributed by atoms with E-state index < -0.39 is 0 Å². The van der Waals surface area contributed by atoms with Gasteiger partial charge in [0.2, 0.25) is 0 Å². The van der Waals surface area contributed by atoms with Crippen molar-refractivity contribution in [2.75, 3.05) is 6.26 Å². The van der Waals surface area contributed by atoms with Gasteiger partial charge in [0.1, 0.15) is 5.75 Å². The second kappa shape index (κ2) is 5.66. The highest BCUT2D eigenvalue weighted by Crippen LogP contribution is 2.42. The Morgan fingerprint density at radius 2 is 1.95 bits per heavy atom. The monoisotopic (exact) mass is 298 g/mol. The van der Waals surface area contributed by atoms with Crippen LogP contribution < -0.4 is 4.74 Å². The van der Waals surface area contributed by atoms with Crippen LogP contribution in [-0.4, -0.2) is 12.2 Å². The van der Waals surface area contributed by atoms with E-state index >= 15 is 0 Å². The van der Waals surface area contributed by atoms with Gasteiger partial charge in [-0.1, -0.05) is 30.3 Å². The third-order valence-corrected chi connectivity index (χ3v) is 3.95. The van der Waals surface area contributed by atoms with E-state index in [1.54, 1.807) is 18.0 Å². The summed E-state index contributed by atoms with van der Waals surface area (Å²) < 4.78 is 11.0. The molecule has 0 N–H and O–H groups in total. The number of ether oxygens (including phenoxy) is 1. The maximum absolute atomic E-state index is 11.5. The van der Waals surface area contributed by atoms with Crippen LogP contribution in [0.25, 0.3) is 22.1 Å². The van der Waals surface area contributed by atoms with Crippen molar-refractivity contribution >= 4 is 28.7 Å². The third-order valence-electron chi connectivity index (χ3n) is 3.20. The minimum absolute atomic E-state index is 0.341. The summed E-state index contributed by atoms with van der Waals surface area (Å²) >= 11 is 1.61. The Bertz CT molecular complexity index is 790. The van der Waals surface area contributed by atoms with E-state index in [-0.39, 0.29) is 5.97 Å². The molecule has 0 bridgehead atoms. The summed E-state index contributed by atoms with van der Waals surface area (Å²) in [5, 5.41) is 0.816. The third kappa shape index (κ3) is 2.54. The number of fused-ring (bicyclic) bond motifs is 1. The summed E-state index contributed by atoms with van der Waals surface area (Å²) in [6.07, 6.45) is 3.61. The van der Waals surface area contributed by atoms with Gasteiger partial charge in [0.05, 0.1) is 16.5 Å². The summed E-state index contributed by atoms with van der Waals surface area (Å²) in [4.78, 5) is 12.5. The van der Waals surface area contributed by atoms with Crippen molar-refractivity contribution in [1.82, 2.24) is 0 Å². The van der Waals surface area contributed by atoms with Gasteiger partial charge in [-0.05, 0) is 24.0 Å². The Balaban J connectivity index is 2.32. The summed E-state index contributed by atoms with van der Waals surface area (Å²) in [5.41, 5.74) is 2.65. The molecule has 0 aliphatic heterocycles. The SMILES string of the molecule is CSc1cc(-c2ccccc2)c(OC(C)=O)c2ccoc12. The fourth-order valence-corrected chi connectivity index (χ4v) is 2.90. The number of benzene rings is 2. The molecular formula is C17H14O3S. The number of carbonyl (C=O) groups excluding carboxylic acids is 1. The molecule has 0 atom stereocenters. The van der Waals surface area contributed by atoms with E-state index in [9.17, 15) is 4.79 Å². The standard InChI is InChI=1S/C17H14O3S/c1-11(18)20-16-13-8-9-19-17(13)15(21-2)10-14(16)12-6-4-3-5-7-12/h3-10H,1-2H3. The molecule has 0 amide bonds. The average Bonchev–Trinajstić information content (AvgIpc) is 2.97. The van der Waals surface area contributed by atoms with E-state index in [0.717, 1.165) is 27.0 Å². The minimum Gasteiger partial charge on any atom is -0.463 e. The van der Waals surface area contributed by atoms with Crippen molar-refractivity contribution < 1.29 is 13.9 Å². The quantitative estimate of drug-likeness (QED) is 0.397. The van der Waals surface area contributed by atoms with Crippen LogP contribution in [0, 0.1) is 0 Å². The largest absolute Gasteiger partial charge is 0.463 e. The van der Waals surface area contributed by atoms with Gasteiger partial charge in [0.25, 0.3) is 0 Å². The van der Waals surface area contributed by atoms with Crippen LogP contribution in [0.5, 0.6) is 5.75 Å². The first-order valence-corrected chi connectivity index (χ1v) is 7.75. The van der Waals surface area contributed by atoms with Gasteiger partial charge >= 0.3 is 5.97 Å². The van der Waals surface area contributed by atoms with Crippen molar-refractivity contribution in [2.45, 2.75) is 11.8 Å². The Hall–Kier alpha value is -2.20. The molecule has 4 heteroatoms. The first-order chi connectivity index (χ1) is 10.2. The summed E-state index contributed by atoms with van der Waals surface area (Å²) in [6, 6.07) is 13.7. The van der Waals surface area contributed by atoms with Gasteiger partial charge in [-0.15, -0.1) is 11.8 Å². The first kappa shape index (κ1) is 13.8. The zero-order valence-electron chi connectivity index (χ0n) is 11.8. The molecular weight excluding hydrogens is 284 g/mol. The predicted octanol–water partition coefficient (Wildman–Crippen LogP) is 4.75. The zero-order chi connectivity index (χ0) is 14.8. The first-order valence-electron chi connectivity index (χ1n) is 6.52. The molecule has 3 nitrogen and oxygen atoms in total. The summed E-state index contributed by atoms with van der Waals surface area (Å²) in [6.45, 7) is 1.41. The van der Waals surface area contributed by atoms with E-state index in [0.29, 0.717) is 5.75 Å². The molecule has 1 heterocycles. The van der Waals surface area contributed by atoms with E-state index in [4.69, 9.17) is 9.15 Å². The van der Waals surface area contributed by atoms with Crippen LogP contribution in [0.2, 0.25) is 0 Å². The summed E-state index contributed by atoms with van der Waals surface area (Å²) in [5.74, 6) is 0.210. The van der Waals surface area contributed by atoms with Crippen molar-refractivity contribution in [3.8, 4) is 16.9 Å². The van der Waals surface area contributed by atoms with Gasteiger partial charge in [0, 0.05) is 12.5 Å². The molecule has 3 aromatic rings. The number of carbonyl (C=O) groups is 1. The van der Waals surface area contributed by atoms with Crippen molar-refractivity contribution in [3.63, 3.8) is 0 Å². The van der Waals surface area contributed by atoms with E-state index in [2.05, 4.69) is 0 Å². The molecule has 0 spiro atoms. The fraction of sp³-hybridized carbons (Fsp3) is 0.118. The van der Waals surface area contributed by atoms with Crippen molar-refractivity contribution in [3.05, 3.63) is 48.7 Å². The van der Waals surface area contributed by atoms with Crippen LogP contribution in [0.1, 0.15) is 6.92 Å². The Labute approximate surface area is 126 Å².